The van der Waals surface area contributed by atoms with Crippen molar-refractivity contribution in [1.29, 1.82) is 0 Å². The Bertz CT molecular complexity index is 407. The Kier molecular flexibility index (Phi) is 4.36. The van der Waals surface area contributed by atoms with E-state index in [9.17, 15) is 4.79 Å². The molecular formula is C13H22N4O. The van der Waals surface area contributed by atoms with Crippen molar-refractivity contribution in [1.82, 2.24) is 20.4 Å². The molecule has 1 aromatic heterocycles. The summed E-state index contributed by atoms with van der Waals surface area (Å²) < 4.78 is 1.68. The largest absolute Gasteiger partial charge is 0.352 e. The van der Waals surface area contributed by atoms with Gasteiger partial charge in [0, 0.05) is 19.8 Å². The zero-order chi connectivity index (χ0) is 13.0. The van der Waals surface area contributed by atoms with E-state index >= 15 is 0 Å². The number of carbonyl (C=O) groups excluding carboxylic acids is 1. The van der Waals surface area contributed by atoms with Gasteiger partial charge in [-0.05, 0) is 45.2 Å². The van der Waals surface area contributed by atoms with E-state index in [-0.39, 0.29) is 5.91 Å². The molecule has 5 nitrogen and oxygen atoms in total. The maximum absolute atomic E-state index is 11.9. The Balaban J connectivity index is 1.76. The van der Waals surface area contributed by atoms with Crippen molar-refractivity contribution in [3.05, 3.63) is 17.5 Å². The molecule has 0 radical (unpaired) electrons. The van der Waals surface area contributed by atoms with Crippen LogP contribution in [0.2, 0.25) is 0 Å². The van der Waals surface area contributed by atoms with Crippen LogP contribution in [0.1, 0.15) is 35.3 Å². The first kappa shape index (κ1) is 13.1. The van der Waals surface area contributed by atoms with Crippen LogP contribution in [0.4, 0.5) is 0 Å². The lowest BCUT2D eigenvalue weighted by atomic mass is 9.96. The minimum Gasteiger partial charge on any atom is -0.352 e. The van der Waals surface area contributed by atoms with Gasteiger partial charge in [-0.2, -0.15) is 5.10 Å². The molecule has 0 spiro atoms. The maximum atomic E-state index is 11.9. The van der Waals surface area contributed by atoms with Crippen molar-refractivity contribution in [2.24, 2.45) is 13.0 Å². The molecular weight excluding hydrogens is 228 g/mol. The highest BCUT2D eigenvalue weighted by Crippen LogP contribution is 2.13. The number of amides is 1. The second-order valence-corrected chi connectivity index (χ2v) is 5.06. The fraction of sp³-hybridized carbons (Fsp3) is 0.692. The summed E-state index contributed by atoms with van der Waals surface area (Å²) in [6.07, 6.45) is 5.35. The van der Waals surface area contributed by atoms with Crippen molar-refractivity contribution in [2.75, 3.05) is 19.6 Å². The molecule has 0 saturated carbocycles. The molecule has 1 fully saturated rings. The van der Waals surface area contributed by atoms with Gasteiger partial charge in [0.25, 0.3) is 5.91 Å². The Labute approximate surface area is 108 Å². The topological polar surface area (TPSA) is 59.0 Å². The monoisotopic (exact) mass is 250 g/mol. The predicted octanol–water partition coefficient (Wildman–Crippen LogP) is 0.848. The number of nitrogens with one attached hydrogen (secondary N) is 2. The number of hydrogen-bond donors (Lipinski definition) is 2. The first-order valence-corrected chi connectivity index (χ1v) is 6.66. The molecule has 1 amide bonds. The van der Waals surface area contributed by atoms with Gasteiger partial charge in [0.05, 0.1) is 11.3 Å². The number of piperidine rings is 1. The Hall–Kier alpha value is -1.36. The van der Waals surface area contributed by atoms with E-state index < -0.39 is 0 Å². The van der Waals surface area contributed by atoms with E-state index in [2.05, 4.69) is 15.7 Å². The summed E-state index contributed by atoms with van der Waals surface area (Å²) in [6.45, 7) is 4.83. The van der Waals surface area contributed by atoms with Gasteiger partial charge in [-0.15, -0.1) is 0 Å². The van der Waals surface area contributed by atoms with Crippen molar-refractivity contribution in [2.45, 2.75) is 26.2 Å². The van der Waals surface area contributed by atoms with Crippen LogP contribution < -0.4 is 10.6 Å². The third-order valence-electron chi connectivity index (χ3n) is 3.50. The first-order chi connectivity index (χ1) is 8.66. The number of aryl methyl sites for hydroxylation is 2. The summed E-state index contributed by atoms with van der Waals surface area (Å²) in [5.74, 6) is 0.693. The predicted molar refractivity (Wildman–Crippen MR) is 70.5 cm³/mol. The lowest BCUT2D eigenvalue weighted by Gasteiger charge is -2.22. The molecule has 100 valence electrons. The van der Waals surface area contributed by atoms with E-state index in [0.29, 0.717) is 11.5 Å². The van der Waals surface area contributed by atoms with Gasteiger partial charge in [0.1, 0.15) is 0 Å². The molecule has 0 bridgehead atoms. The van der Waals surface area contributed by atoms with E-state index in [0.717, 1.165) is 31.7 Å². The Morgan fingerprint density at radius 2 is 2.50 bits per heavy atom. The van der Waals surface area contributed by atoms with E-state index in [1.165, 1.54) is 12.8 Å². The Morgan fingerprint density at radius 3 is 3.11 bits per heavy atom. The SMILES string of the molecule is Cc1nn(C)cc1C(=O)NCCC1CCCNC1. The van der Waals surface area contributed by atoms with Crippen LogP contribution in [0.3, 0.4) is 0 Å². The van der Waals surface area contributed by atoms with E-state index in [1.807, 2.05) is 14.0 Å². The lowest BCUT2D eigenvalue weighted by molar-refractivity contribution is 0.0950. The van der Waals surface area contributed by atoms with Gasteiger partial charge < -0.3 is 10.6 Å². The van der Waals surface area contributed by atoms with Crippen molar-refractivity contribution < 1.29 is 4.79 Å². The first-order valence-electron chi connectivity index (χ1n) is 6.66. The molecule has 1 atom stereocenters. The highest BCUT2D eigenvalue weighted by Gasteiger charge is 2.15. The summed E-state index contributed by atoms with van der Waals surface area (Å²) in [5.41, 5.74) is 1.47. The fourth-order valence-electron chi connectivity index (χ4n) is 2.48. The highest BCUT2D eigenvalue weighted by molar-refractivity contribution is 5.94. The molecule has 1 aromatic rings. The van der Waals surface area contributed by atoms with Gasteiger partial charge in [-0.1, -0.05) is 0 Å². The zero-order valence-corrected chi connectivity index (χ0v) is 11.2. The van der Waals surface area contributed by atoms with Crippen molar-refractivity contribution >= 4 is 5.91 Å². The number of hydrogen-bond acceptors (Lipinski definition) is 3. The van der Waals surface area contributed by atoms with E-state index in [1.54, 1.807) is 10.9 Å². The average Bonchev–Trinajstić information content (AvgIpc) is 2.70. The molecule has 1 unspecified atom stereocenters. The number of rotatable bonds is 4. The molecule has 5 heteroatoms. The van der Waals surface area contributed by atoms with E-state index in [4.69, 9.17) is 0 Å². The minimum atomic E-state index is -0.00984. The molecule has 0 aliphatic carbocycles. The standard InChI is InChI=1S/C13H22N4O/c1-10-12(9-17(2)16-10)13(18)15-7-5-11-4-3-6-14-8-11/h9,11,14H,3-8H2,1-2H3,(H,15,18). The fourth-order valence-corrected chi connectivity index (χ4v) is 2.48. The average molecular weight is 250 g/mol. The summed E-state index contributed by atoms with van der Waals surface area (Å²) in [7, 11) is 1.83. The number of nitrogens with zero attached hydrogens (tertiary/aromatic N) is 2. The lowest BCUT2D eigenvalue weighted by Crippen LogP contribution is -2.33. The molecule has 1 saturated heterocycles. The third-order valence-corrected chi connectivity index (χ3v) is 3.50. The molecule has 18 heavy (non-hydrogen) atoms. The normalized spacial score (nSPS) is 19.8. The highest BCUT2D eigenvalue weighted by atomic mass is 16.1. The molecule has 2 N–H and O–H groups in total. The molecule has 2 heterocycles. The summed E-state index contributed by atoms with van der Waals surface area (Å²) in [6, 6.07) is 0. The summed E-state index contributed by atoms with van der Waals surface area (Å²) in [4.78, 5) is 11.9. The van der Waals surface area contributed by atoms with Gasteiger partial charge in [-0.3, -0.25) is 9.48 Å². The molecule has 1 aliphatic rings. The molecule has 1 aliphatic heterocycles. The molecule has 0 aromatic carbocycles. The van der Waals surface area contributed by atoms with Crippen LogP contribution in [-0.4, -0.2) is 35.3 Å². The third kappa shape index (κ3) is 3.32. The smallest absolute Gasteiger partial charge is 0.254 e. The maximum Gasteiger partial charge on any atom is 0.254 e. The molecule has 2 rings (SSSR count). The summed E-state index contributed by atoms with van der Waals surface area (Å²) in [5, 5.41) is 10.5. The zero-order valence-electron chi connectivity index (χ0n) is 11.2. The van der Waals surface area contributed by atoms with Crippen LogP contribution in [0.25, 0.3) is 0 Å². The van der Waals surface area contributed by atoms with Gasteiger partial charge in [0.2, 0.25) is 0 Å². The second-order valence-electron chi connectivity index (χ2n) is 5.06. The quantitative estimate of drug-likeness (QED) is 0.833. The van der Waals surface area contributed by atoms with Gasteiger partial charge in [-0.25, -0.2) is 0 Å². The second kappa shape index (κ2) is 6.00. The Morgan fingerprint density at radius 1 is 1.67 bits per heavy atom. The van der Waals surface area contributed by atoms with Crippen LogP contribution in [0.15, 0.2) is 6.20 Å². The van der Waals surface area contributed by atoms with Crippen LogP contribution >= 0.6 is 0 Å². The van der Waals surface area contributed by atoms with Gasteiger partial charge >= 0.3 is 0 Å². The van der Waals surface area contributed by atoms with Crippen LogP contribution in [-0.2, 0) is 7.05 Å². The van der Waals surface area contributed by atoms with Crippen molar-refractivity contribution in [3.8, 4) is 0 Å². The summed E-state index contributed by atoms with van der Waals surface area (Å²) >= 11 is 0. The number of carbonyl (C=O) groups is 1. The minimum absolute atomic E-state index is 0.00984. The van der Waals surface area contributed by atoms with Gasteiger partial charge in [0.15, 0.2) is 0 Å². The van der Waals surface area contributed by atoms with Crippen molar-refractivity contribution in [3.63, 3.8) is 0 Å². The van der Waals surface area contributed by atoms with Crippen LogP contribution in [0, 0.1) is 12.8 Å². The number of aromatic nitrogens is 2. The van der Waals surface area contributed by atoms with Crippen LogP contribution in [0.5, 0.6) is 0 Å².